The first-order chi connectivity index (χ1) is 12.9. The molecular formula is C21H28IN3O2. The number of benzene rings is 1. The Labute approximate surface area is 178 Å². The number of halogens is 1. The first-order valence-electron chi connectivity index (χ1n) is 9.70. The molecule has 27 heavy (non-hydrogen) atoms. The van der Waals surface area contributed by atoms with Crippen molar-refractivity contribution in [1.82, 2.24) is 10.6 Å². The van der Waals surface area contributed by atoms with Crippen molar-refractivity contribution in [1.29, 1.82) is 0 Å². The third-order valence-corrected chi connectivity index (χ3v) is 5.17. The molecule has 1 aromatic heterocycles. The van der Waals surface area contributed by atoms with E-state index in [0.29, 0.717) is 12.6 Å². The summed E-state index contributed by atoms with van der Waals surface area (Å²) in [5.74, 6) is 2.86. The molecule has 0 amide bonds. The summed E-state index contributed by atoms with van der Waals surface area (Å²) >= 11 is 0. The Balaban J connectivity index is 0.00000210. The second-order valence-electron chi connectivity index (χ2n) is 7.06. The Kier molecular flexibility index (Phi) is 7.43. The molecule has 0 bridgehead atoms. The van der Waals surface area contributed by atoms with Gasteiger partial charge in [0.25, 0.3) is 0 Å². The second-order valence-corrected chi connectivity index (χ2v) is 7.06. The van der Waals surface area contributed by atoms with Crippen LogP contribution in [-0.2, 0) is 6.42 Å². The average Bonchev–Trinajstić information content (AvgIpc) is 3.36. The zero-order valence-corrected chi connectivity index (χ0v) is 17.9. The van der Waals surface area contributed by atoms with Crippen LogP contribution in [0.15, 0.2) is 52.1 Å². The van der Waals surface area contributed by atoms with Crippen LogP contribution in [0.25, 0.3) is 0 Å². The minimum atomic E-state index is 0. The molecule has 2 heterocycles. The molecule has 1 aromatic carbocycles. The first-order valence-corrected chi connectivity index (χ1v) is 9.70. The topological polar surface area (TPSA) is 58.8 Å². The molecule has 4 rings (SSSR count). The van der Waals surface area contributed by atoms with E-state index in [0.717, 1.165) is 36.9 Å². The van der Waals surface area contributed by atoms with Gasteiger partial charge in [0, 0.05) is 31.0 Å². The lowest BCUT2D eigenvalue weighted by atomic mass is 10.0. The van der Waals surface area contributed by atoms with Crippen molar-refractivity contribution in [2.45, 2.75) is 50.6 Å². The second kappa shape index (κ2) is 10.0. The number of aliphatic imine (C=N–C) groups is 1. The van der Waals surface area contributed by atoms with Gasteiger partial charge in [-0.25, -0.2) is 0 Å². The first kappa shape index (κ1) is 20.0. The van der Waals surface area contributed by atoms with E-state index in [4.69, 9.17) is 14.1 Å². The van der Waals surface area contributed by atoms with E-state index in [2.05, 4.69) is 22.8 Å². The molecule has 2 aromatic rings. The monoisotopic (exact) mass is 481 g/mol. The normalized spacial score (nSPS) is 19.7. The van der Waals surface area contributed by atoms with E-state index in [1.54, 1.807) is 6.26 Å². The van der Waals surface area contributed by atoms with E-state index < -0.39 is 0 Å². The summed E-state index contributed by atoms with van der Waals surface area (Å²) in [5.41, 5.74) is 1.21. The quantitative estimate of drug-likeness (QED) is 0.377. The number of rotatable bonds is 5. The standard InChI is InChI=1S/C21H27N3O2.HI/c1-2-7-16(6-1)23-21(22-13-11-17-8-5-14-25-17)24-19-12-15-26-20-10-4-3-9-18(19)20;/h3-5,8-10,14,16,19H,1-2,6-7,11-13,15H2,(H2,22,23,24);1H. The molecule has 1 aliphatic heterocycles. The summed E-state index contributed by atoms with van der Waals surface area (Å²) < 4.78 is 11.2. The van der Waals surface area contributed by atoms with Gasteiger partial charge in [0.1, 0.15) is 11.5 Å². The third kappa shape index (κ3) is 5.40. The summed E-state index contributed by atoms with van der Waals surface area (Å²) in [6.45, 7) is 1.44. The van der Waals surface area contributed by atoms with Crippen molar-refractivity contribution in [2.24, 2.45) is 4.99 Å². The van der Waals surface area contributed by atoms with Gasteiger partial charge in [-0.3, -0.25) is 4.99 Å². The van der Waals surface area contributed by atoms with Gasteiger partial charge in [0.05, 0.1) is 18.9 Å². The van der Waals surface area contributed by atoms with Crippen LogP contribution in [0, 0.1) is 0 Å². The van der Waals surface area contributed by atoms with Crippen LogP contribution in [-0.4, -0.2) is 25.2 Å². The number of nitrogens with one attached hydrogen (secondary N) is 2. The number of nitrogens with zero attached hydrogens (tertiary/aromatic N) is 1. The molecular weight excluding hydrogens is 453 g/mol. The Morgan fingerprint density at radius 3 is 2.70 bits per heavy atom. The zero-order chi connectivity index (χ0) is 17.6. The van der Waals surface area contributed by atoms with E-state index in [1.165, 1.54) is 31.2 Å². The fourth-order valence-electron chi connectivity index (χ4n) is 3.79. The number of hydrogen-bond acceptors (Lipinski definition) is 3. The van der Waals surface area contributed by atoms with Gasteiger partial charge in [-0.2, -0.15) is 0 Å². The molecule has 6 heteroatoms. The van der Waals surface area contributed by atoms with Crippen molar-refractivity contribution < 1.29 is 9.15 Å². The summed E-state index contributed by atoms with van der Waals surface area (Å²) in [5, 5.41) is 7.29. The van der Waals surface area contributed by atoms with Crippen LogP contribution in [0.1, 0.15) is 49.5 Å². The molecule has 2 N–H and O–H groups in total. The fraction of sp³-hybridized carbons (Fsp3) is 0.476. The van der Waals surface area contributed by atoms with Crippen molar-refractivity contribution in [3.63, 3.8) is 0 Å². The van der Waals surface area contributed by atoms with Crippen molar-refractivity contribution in [3.05, 3.63) is 54.0 Å². The van der Waals surface area contributed by atoms with Gasteiger partial charge < -0.3 is 19.8 Å². The van der Waals surface area contributed by atoms with Gasteiger partial charge in [0.2, 0.25) is 0 Å². The van der Waals surface area contributed by atoms with E-state index in [1.807, 2.05) is 24.3 Å². The molecule has 0 spiro atoms. The van der Waals surface area contributed by atoms with Crippen molar-refractivity contribution in [2.75, 3.05) is 13.2 Å². The highest BCUT2D eigenvalue weighted by atomic mass is 127. The van der Waals surface area contributed by atoms with Crippen LogP contribution in [0.4, 0.5) is 0 Å². The number of guanidine groups is 1. The molecule has 146 valence electrons. The Morgan fingerprint density at radius 2 is 1.89 bits per heavy atom. The molecule has 1 saturated carbocycles. The number of hydrogen-bond donors (Lipinski definition) is 2. The molecule has 2 aliphatic rings. The highest BCUT2D eigenvalue weighted by Gasteiger charge is 2.23. The van der Waals surface area contributed by atoms with Crippen molar-refractivity contribution >= 4 is 29.9 Å². The van der Waals surface area contributed by atoms with Crippen molar-refractivity contribution in [3.8, 4) is 5.75 Å². The lowest BCUT2D eigenvalue weighted by Gasteiger charge is -2.29. The van der Waals surface area contributed by atoms with Gasteiger partial charge in [0.15, 0.2) is 5.96 Å². The Morgan fingerprint density at radius 1 is 1.04 bits per heavy atom. The number of para-hydroxylation sites is 1. The Hall–Kier alpha value is -1.70. The van der Waals surface area contributed by atoms with E-state index >= 15 is 0 Å². The highest BCUT2D eigenvalue weighted by Crippen LogP contribution is 2.31. The predicted molar refractivity (Wildman–Crippen MR) is 118 cm³/mol. The minimum Gasteiger partial charge on any atom is -0.493 e. The molecule has 1 unspecified atom stereocenters. The summed E-state index contributed by atoms with van der Waals surface area (Å²) in [6, 6.07) is 13.0. The lowest BCUT2D eigenvalue weighted by Crippen LogP contribution is -2.45. The van der Waals surface area contributed by atoms with Crippen LogP contribution < -0.4 is 15.4 Å². The number of fused-ring (bicyclic) bond motifs is 1. The Bertz CT molecular complexity index is 727. The van der Waals surface area contributed by atoms with Crippen LogP contribution in [0.5, 0.6) is 5.75 Å². The zero-order valence-electron chi connectivity index (χ0n) is 15.5. The molecule has 1 atom stereocenters. The molecule has 5 nitrogen and oxygen atoms in total. The highest BCUT2D eigenvalue weighted by molar-refractivity contribution is 14.0. The predicted octanol–water partition coefficient (Wildman–Crippen LogP) is 4.44. The molecule has 0 saturated heterocycles. The van der Waals surface area contributed by atoms with Crippen LogP contribution in [0.2, 0.25) is 0 Å². The molecule has 0 radical (unpaired) electrons. The smallest absolute Gasteiger partial charge is 0.191 e. The molecule has 1 aliphatic carbocycles. The maximum Gasteiger partial charge on any atom is 0.191 e. The van der Waals surface area contributed by atoms with Gasteiger partial charge in [-0.15, -0.1) is 24.0 Å². The largest absolute Gasteiger partial charge is 0.493 e. The number of furan rings is 1. The van der Waals surface area contributed by atoms with Gasteiger partial charge >= 0.3 is 0 Å². The maximum absolute atomic E-state index is 5.79. The van der Waals surface area contributed by atoms with Gasteiger partial charge in [-0.1, -0.05) is 31.0 Å². The lowest BCUT2D eigenvalue weighted by molar-refractivity contribution is 0.261. The van der Waals surface area contributed by atoms with E-state index in [9.17, 15) is 0 Å². The molecule has 1 fully saturated rings. The van der Waals surface area contributed by atoms with Crippen LogP contribution in [0.3, 0.4) is 0 Å². The van der Waals surface area contributed by atoms with Crippen LogP contribution >= 0.6 is 24.0 Å². The minimum absolute atomic E-state index is 0. The summed E-state index contributed by atoms with van der Waals surface area (Å²) in [4.78, 5) is 4.82. The summed E-state index contributed by atoms with van der Waals surface area (Å²) in [6.07, 6.45) is 8.53. The summed E-state index contributed by atoms with van der Waals surface area (Å²) in [7, 11) is 0. The average molecular weight is 481 g/mol. The number of ether oxygens (including phenoxy) is 1. The fourth-order valence-corrected chi connectivity index (χ4v) is 3.79. The van der Waals surface area contributed by atoms with E-state index in [-0.39, 0.29) is 30.0 Å². The third-order valence-electron chi connectivity index (χ3n) is 5.17. The van der Waals surface area contributed by atoms with Gasteiger partial charge in [-0.05, 0) is 31.0 Å². The SMILES string of the molecule is I.c1coc(CCN=C(NC2CCCC2)NC2CCOc3ccccc32)c1. The maximum atomic E-state index is 5.79.